The predicted octanol–water partition coefficient (Wildman–Crippen LogP) is 3.78. The van der Waals surface area contributed by atoms with E-state index in [4.69, 9.17) is 21.1 Å². The van der Waals surface area contributed by atoms with Crippen LogP contribution in [0.1, 0.15) is 25.0 Å². The summed E-state index contributed by atoms with van der Waals surface area (Å²) in [6.45, 7) is 7.17. The van der Waals surface area contributed by atoms with Crippen molar-refractivity contribution in [2.75, 3.05) is 19.7 Å². The molecule has 0 aliphatic carbocycles. The second-order valence-electron chi connectivity index (χ2n) is 7.41. The molecule has 7 heteroatoms. The van der Waals surface area contributed by atoms with Crippen molar-refractivity contribution in [3.05, 3.63) is 64.4 Å². The predicted molar refractivity (Wildman–Crippen MR) is 110 cm³/mol. The highest BCUT2D eigenvalue weighted by molar-refractivity contribution is 6.32. The highest BCUT2D eigenvalue weighted by Crippen LogP contribution is 2.24. The molecule has 2 aromatic carbocycles. The van der Waals surface area contributed by atoms with Gasteiger partial charge in [0.1, 0.15) is 11.6 Å². The zero-order valence-corrected chi connectivity index (χ0v) is 17.4. The third-order valence-electron chi connectivity index (χ3n) is 4.67. The quantitative estimate of drug-likeness (QED) is 0.740. The van der Waals surface area contributed by atoms with E-state index in [2.05, 4.69) is 36.2 Å². The Bertz CT molecular complexity index is 821. The summed E-state index contributed by atoms with van der Waals surface area (Å²) in [6, 6.07) is 12.0. The summed E-state index contributed by atoms with van der Waals surface area (Å²) in [5, 5.41) is 2.94. The van der Waals surface area contributed by atoms with Crippen LogP contribution >= 0.6 is 11.6 Å². The van der Waals surface area contributed by atoms with Gasteiger partial charge in [-0.2, -0.15) is 0 Å². The number of rotatable bonds is 7. The van der Waals surface area contributed by atoms with Gasteiger partial charge in [0.2, 0.25) is 0 Å². The first-order valence-corrected chi connectivity index (χ1v) is 10.1. The molecule has 0 aromatic heterocycles. The normalized spacial score (nSPS) is 19.7. The third-order valence-corrected chi connectivity index (χ3v) is 4.96. The van der Waals surface area contributed by atoms with E-state index in [1.165, 1.54) is 17.7 Å². The van der Waals surface area contributed by atoms with Crippen molar-refractivity contribution in [1.82, 2.24) is 10.2 Å². The smallest absolute Gasteiger partial charge is 0.258 e. The minimum Gasteiger partial charge on any atom is -0.482 e. The van der Waals surface area contributed by atoms with Crippen LogP contribution in [0, 0.1) is 5.82 Å². The molecule has 29 heavy (non-hydrogen) atoms. The van der Waals surface area contributed by atoms with Gasteiger partial charge in [-0.3, -0.25) is 9.69 Å². The fraction of sp³-hybridized carbons (Fsp3) is 0.409. The number of carbonyl (C=O) groups excluding carboxylic acids is 1. The Morgan fingerprint density at radius 2 is 1.83 bits per heavy atom. The lowest BCUT2D eigenvalue weighted by atomic mass is 10.1. The number of benzene rings is 2. The molecule has 5 nitrogen and oxygen atoms in total. The molecule has 1 N–H and O–H groups in total. The van der Waals surface area contributed by atoms with Crippen molar-refractivity contribution in [3.63, 3.8) is 0 Å². The second-order valence-corrected chi connectivity index (χ2v) is 7.82. The number of carbonyl (C=O) groups is 1. The molecule has 3 rings (SSSR count). The van der Waals surface area contributed by atoms with E-state index < -0.39 is 5.82 Å². The van der Waals surface area contributed by atoms with Crippen LogP contribution in [0.5, 0.6) is 5.75 Å². The van der Waals surface area contributed by atoms with Crippen LogP contribution in [0.25, 0.3) is 0 Å². The van der Waals surface area contributed by atoms with Crippen molar-refractivity contribution >= 4 is 17.5 Å². The largest absolute Gasteiger partial charge is 0.482 e. The third kappa shape index (κ3) is 6.70. The van der Waals surface area contributed by atoms with Crippen molar-refractivity contribution < 1.29 is 18.7 Å². The van der Waals surface area contributed by atoms with Crippen LogP contribution < -0.4 is 10.1 Å². The number of hydrogen-bond acceptors (Lipinski definition) is 4. The molecule has 1 heterocycles. The number of ether oxygens (including phenoxy) is 2. The second kappa shape index (κ2) is 10.1. The van der Waals surface area contributed by atoms with Gasteiger partial charge in [-0.1, -0.05) is 35.9 Å². The Labute approximate surface area is 175 Å². The Morgan fingerprint density at radius 3 is 2.48 bits per heavy atom. The van der Waals surface area contributed by atoms with Gasteiger partial charge >= 0.3 is 0 Å². The van der Waals surface area contributed by atoms with Gasteiger partial charge in [-0.25, -0.2) is 4.39 Å². The van der Waals surface area contributed by atoms with Crippen molar-refractivity contribution in [2.45, 2.75) is 39.1 Å². The maximum atomic E-state index is 13.0. The minimum atomic E-state index is -0.451. The van der Waals surface area contributed by atoms with Gasteiger partial charge in [0.05, 0.1) is 17.2 Å². The molecule has 1 saturated heterocycles. The van der Waals surface area contributed by atoms with E-state index in [1.54, 1.807) is 0 Å². The topological polar surface area (TPSA) is 50.8 Å². The van der Waals surface area contributed by atoms with E-state index in [0.717, 1.165) is 31.3 Å². The molecule has 0 saturated carbocycles. The highest BCUT2D eigenvalue weighted by atomic mass is 35.5. The molecule has 2 atom stereocenters. The maximum Gasteiger partial charge on any atom is 0.258 e. The first-order valence-electron chi connectivity index (χ1n) is 9.69. The monoisotopic (exact) mass is 420 g/mol. The summed E-state index contributed by atoms with van der Waals surface area (Å²) in [5.41, 5.74) is 2.24. The molecule has 2 aromatic rings. The summed E-state index contributed by atoms with van der Waals surface area (Å²) < 4.78 is 24.1. The van der Waals surface area contributed by atoms with Crippen molar-refractivity contribution in [1.29, 1.82) is 0 Å². The fourth-order valence-corrected chi connectivity index (χ4v) is 3.64. The highest BCUT2D eigenvalue weighted by Gasteiger charge is 2.21. The van der Waals surface area contributed by atoms with Crippen LogP contribution in [0.3, 0.4) is 0 Å². The van der Waals surface area contributed by atoms with E-state index >= 15 is 0 Å². The zero-order chi connectivity index (χ0) is 20.8. The van der Waals surface area contributed by atoms with Gasteiger partial charge in [-0.15, -0.1) is 0 Å². The molecular formula is C22H26ClFN2O3. The molecule has 1 aliphatic heterocycles. The summed E-state index contributed by atoms with van der Waals surface area (Å²) in [5.74, 6) is -0.446. The summed E-state index contributed by atoms with van der Waals surface area (Å²) >= 11 is 5.88. The molecule has 1 aliphatic rings. The maximum absolute atomic E-state index is 13.0. The molecule has 156 valence electrons. The SMILES string of the molecule is CC1CN(Cc2ccc(CNC(=O)COc3ccc(F)cc3Cl)cc2)CC(C)O1. The van der Waals surface area contributed by atoms with Gasteiger partial charge < -0.3 is 14.8 Å². The molecular weight excluding hydrogens is 395 g/mol. The van der Waals surface area contributed by atoms with Crippen LogP contribution in [-0.4, -0.2) is 42.7 Å². The van der Waals surface area contributed by atoms with Gasteiger partial charge in [0.25, 0.3) is 5.91 Å². The average molecular weight is 421 g/mol. The Kier molecular flexibility index (Phi) is 7.47. The first-order chi connectivity index (χ1) is 13.9. The van der Waals surface area contributed by atoms with E-state index in [1.807, 2.05) is 12.1 Å². The number of morpholine rings is 1. The first kappa shape index (κ1) is 21.6. The van der Waals surface area contributed by atoms with Crippen LogP contribution in [0.15, 0.2) is 42.5 Å². The van der Waals surface area contributed by atoms with Crippen LogP contribution in [0.2, 0.25) is 5.02 Å². The fourth-order valence-electron chi connectivity index (χ4n) is 3.42. The van der Waals surface area contributed by atoms with E-state index in [0.29, 0.717) is 6.54 Å². The molecule has 1 amide bonds. The Hall–Kier alpha value is -2.15. The van der Waals surface area contributed by atoms with Crippen molar-refractivity contribution in [2.24, 2.45) is 0 Å². The number of hydrogen-bond donors (Lipinski definition) is 1. The average Bonchev–Trinajstić information content (AvgIpc) is 2.66. The molecule has 2 unspecified atom stereocenters. The minimum absolute atomic E-state index is 0.137. The Morgan fingerprint density at radius 1 is 1.17 bits per heavy atom. The zero-order valence-electron chi connectivity index (χ0n) is 16.7. The van der Waals surface area contributed by atoms with E-state index in [9.17, 15) is 9.18 Å². The number of amides is 1. The lowest BCUT2D eigenvalue weighted by Crippen LogP contribution is -2.44. The molecule has 0 spiro atoms. The molecule has 0 bridgehead atoms. The summed E-state index contributed by atoms with van der Waals surface area (Å²) in [7, 11) is 0. The lowest BCUT2D eigenvalue weighted by molar-refractivity contribution is -0.123. The molecule has 1 fully saturated rings. The summed E-state index contributed by atoms with van der Waals surface area (Å²) in [4.78, 5) is 14.4. The standard InChI is InChI=1S/C22H26ClFN2O3/c1-15-11-26(12-16(2)29-15)13-18-5-3-17(4-6-18)10-25-22(27)14-28-21-8-7-19(24)9-20(21)23/h3-9,15-16H,10-14H2,1-2H3,(H,25,27). The molecule has 0 radical (unpaired) electrons. The number of nitrogens with zero attached hydrogens (tertiary/aromatic N) is 1. The number of halogens is 2. The van der Waals surface area contributed by atoms with E-state index in [-0.39, 0.29) is 35.5 Å². The van der Waals surface area contributed by atoms with Crippen molar-refractivity contribution in [3.8, 4) is 5.75 Å². The van der Waals surface area contributed by atoms with Gasteiger partial charge in [-0.05, 0) is 43.2 Å². The van der Waals surface area contributed by atoms with Gasteiger partial charge in [0, 0.05) is 26.2 Å². The van der Waals surface area contributed by atoms with Crippen LogP contribution in [-0.2, 0) is 22.6 Å². The van der Waals surface area contributed by atoms with Gasteiger partial charge in [0.15, 0.2) is 6.61 Å². The van der Waals surface area contributed by atoms with Crippen LogP contribution in [0.4, 0.5) is 4.39 Å². The lowest BCUT2D eigenvalue weighted by Gasteiger charge is -2.35. The number of nitrogens with one attached hydrogen (secondary N) is 1. The summed E-state index contributed by atoms with van der Waals surface area (Å²) in [6.07, 6.45) is 0.500. The Balaban J connectivity index is 1.43.